The number of halogens is 1. The van der Waals surface area contributed by atoms with Gasteiger partial charge in [0.1, 0.15) is 6.17 Å². The van der Waals surface area contributed by atoms with E-state index in [0.717, 1.165) is 6.42 Å². The Labute approximate surface area is 91.8 Å². The van der Waals surface area contributed by atoms with E-state index in [9.17, 15) is 9.50 Å². The Balaban J connectivity index is 2.05. The Hall–Kier alpha value is -0.150. The fourth-order valence-electron chi connectivity index (χ4n) is 2.02. The molecule has 90 valence electrons. The molecule has 0 aromatic carbocycles. The number of alkyl halides is 1. The highest BCUT2D eigenvalue weighted by Gasteiger charge is 2.29. The summed E-state index contributed by atoms with van der Waals surface area (Å²) < 4.78 is 18.9. The zero-order valence-electron chi connectivity index (χ0n) is 9.62. The van der Waals surface area contributed by atoms with Crippen molar-refractivity contribution in [3.05, 3.63) is 0 Å². The molecular formula is C12H23FO2. The molecular weight excluding hydrogens is 195 g/mol. The first-order valence-corrected chi connectivity index (χ1v) is 6.17. The smallest absolute Gasteiger partial charge is 0.129 e. The van der Waals surface area contributed by atoms with E-state index in [-0.39, 0.29) is 12.5 Å². The molecule has 1 fully saturated rings. The van der Waals surface area contributed by atoms with Crippen LogP contribution in [0.4, 0.5) is 4.39 Å². The molecule has 0 amide bonds. The van der Waals surface area contributed by atoms with Crippen LogP contribution in [-0.4, -0.2) is 30.1 Å². The first-order valence-electron chi connectivity index (χ1n) is 6.17. The SMILES string of the molecule is CCCCCCOC1CCC(O)CC1F. The largest absolute Gasteiger partial charge is 0.393 e. The Kier molecular flexibility index (Phi) is 6.18. The third kappa shape index (κ3) is 4.94. The van der Waals surface area contributed by atoms with E-state index in [1.807, 2.05) is 0 Å². The summed E-state index contributed by atoms with van der Waals surface area (Å²) in [5.41, 5.74) is 0. The minimum atomic E-state index is -0.972. The number of hydrogen-bond donors (Lipinski definition) is 1. The average molecular weight is 218 g/mol. The molecule has 0 radical (unpaired) electrons. The quantitative estimate of drug-likeness (QED) is 0.695. The van der Waals surface area contributed by atoms with Gasteiger partial charge in [-0.15, -0.1) is 0 Å². The van der Waals surface area contributed by atoms with Crippen LogP contribution in [0.1, 0.15) is 51.9 Å². The first-order chi connectivity index (χ1) is 7.24. The Morgan fingerprint density at radius 2 is 2.07 bits per heavy atom. The van der Waals surface area contributed by atoms with Crippen LogP contribution in [0.5, 0.6) is 0 Å². The number of rotatable bonds is 6. The van der Waals surface area contributed by atoms with E-state index >= 15 is 0 Å². The molecule has 1 rings (SSSR count). The highest BCUT2D eigenvalue weighted by Crippen LogP contribution is 2.24. The molecule has 0 saturated heterocycles. The Morgan fingerprint density at radius 1 is 1.27 bits per heavy atom. The molecule has 1 aliphatic rings. The Morgan fingerprint density at radius 3 is 2.73 bits per heavy atom. The fraction of sp³-hybridized carbons (Fsp3) is 1.00. The third-order valence-corrected chi connectivity index (χ3v) is 3.01. The number of aliphatic hydroxyl groups is 1. The standard InChI is InChI=1S/C12H23FO2/c1-2-3-4-5-8-15-12-7-6-10(14)9-11(12)13/h10-12,14H,2-9H2,1H3. The molecule has 0 spiro atoms. The van der Waals surface area contributed by atoms with Gasteiger partial charge in [0.15, 0.2) is 0 Å². The number of hydrogen-bond acceptors (Lipinski definition) is 2. The molecule has 3 unspecified atom stereocenters. The highest BCUT2D eigenvalue weighted by atomic mass is 19.1. The van der Waals surface area contributed by atoms with Gasteiger partial charge in [0, 0.05) is 13.0 Å². The molecule has 15 heavy (non-hydrogen) atoms. The van der Waals surface area contributed by atoms with Crippen molar-refractivity contribution in [2.24, 2.45) is 0 Å². The Bertz CT molecular complexity index is 164. The van der Waals surface area contributed by atoms with Crippen LogP contribution in [0.25, 0.3) is 0 Å². The molecule has 0 heterocycles. The van der Waals surface area contributed by atoms with E-state index in [4.69, 9.17) is 4.74 Å². The number of aliphatic hydroxyl groups excluding tert-OH is 1. The highest BCUT2D eigenvalue weighted by molar-refractivity contribution is 4.80. The lowest BCUT2D eigenvalue weighted by atomic mass is 9.93. The van der Waals surface area contributed by atoms with Crippen LogP contribution in [0.2, 0.25) is 0 Å². The van der Waals surface area contributed by atoms with Crippen molar-refractivity contribution in [2.75, 3.05) is 6.61 Å². The second-order valence-corrected chi connectivity index (χ2v) is 4.45. The first kappa shape index (κ1) is 12.9. The molecule has 1 saturated carbocycles. The fourth-order valence-corrected chi connectivity index (χ4v) is 2.02. The molecule has 3 atom stereocenters. The third-order valence-electron chi connectivity index (χ3n) is 3.01. The summed E-state index contributed by atoms with van der Waals surface area (Å²) in [5, 5.41) is 9.24. The maximum Gasteiger partial charge on any atom is 0.129 e. The van der Waals surface area contributed by atoms with Gasteiger partial charge >= 0.3 is 0 Å². The zero-order chi connectivity index (χ0) is 11.1. The second kappa shape index (κ2) is 7.18. The summed E-state index contributed by atoms with van der Waals surface area (Å²) in [7, 11) is 0. The predicted molar refractivity (Wildman–Crippen MR) is 58.6 cm³/mol. The van der Waals surface area contributed by atoms with Crippen molar-refractivity contribution < 1.29 is 14.2 Å². The molecule has 0 aliphatic heterocycles. The molecule has 1 aliphatic carbocycles. The lowest BCUT2D eigenvalue weighted by molar-refractivity contribution is -0.0551. The molecule has 3 heteroatoms. The lowest BCUT2D eigenvalue weighted by Gasteiger charge is -2.29. The van der Waals surface area contributed by atoms with Gasteiger partial charge in [-0.3, -0.25) is 0 Å². The van der Waals surface area contributed by atoms with Crippen LogP contribution >= 0.6 is 0 Å². The van der Waals surface area contributed by atoms with Gasteiger partial charge in [-0.2, -0.15) is 0 Å². The molecule has 2 nitrogen and oxygen atoms in total. The molecule has 1 N–H and O–H groups in total. The lowest BCUT2D eigenvalue weighted by Crippen LogP contribution is -2.35. The van der Waals surface area contributed by atoms with E-state index in [1.54, 1.807) is 0 Å². The molecule has 0 bridgehead atoms. The van der Waals surface area contributed by atoms with Crippen LogP contribution in [0.15, 0.2) is 0 Å². The average Bonchev–Trinajstić information content (AvgIpc) is 2.20. The monoisotopic (exact) mass is 218 g/mol. The zero-order valence-corrected chi connectivity index (χ0v) is 9.62. The summed E-state index contributed by atoms with van der Waals surface area (Å²) in [6.45, 7) is 2.84. The van der Waals surface area contributed by atoms with Crippen molar-refractivity contribution in [3.63, 3.8) is 0 Å². The van der Waals surface area contributed by atoms with Gasteiger partial charge in [0.05, 0.1) is 12.2 Å². The van der Waals surface area contributed by atoms with Crippen molar-refractivity contribution in [1.29, 1.82) is 0 Å². The summed E-state index contributed by atoms with van der Waals surface area (Å²) in [5.74, 6) is 0. The van der Waals surface area contributed by atoms with Gasteiger partial charge in [-0.1, -0.05) is 26.2 Å². The van der Waals surface area contributed by atoms with E-state index in [2.05, 4.69) is 6.92 Å². The van der Waals surface area contributed by atoms with Gasteiger partial charge in [0.2, 0.25) is 0 Å². The minimum Gasteiger partial charge on any atom is -0.393 e. The van der Waals surface area contributed by atoms with Gasteiger partial charge in [-0.25, -0.2) is 4.39 Å². The number of ether oxygens (including phenoxy) is 1. The van der Waals surface area contributed by atoms with Crippen molar-refractivity contribution in [2.45, 2.75) is 70.2 Å². The van der Waals surface area contributed by atoms with Gasteiger partial charge in [-0.05, 0) is 19.3 Å². The summed E-state index contributed by atoms with van der Waals surface area (Å²) in [6.07, 6.45) is 4.53. The summed E-state index contributed by atoms with van der Waals surface area (Å²) in [4.78, 5) is 0. The van der Waals surface area contributed by atoms with E-state index in [1.165, 1.54) is 19.3 Å². The maximum absolute atomic E-state index is 13.4. The second-order valence-electron chi connectivity index (χ2n) is 4.45. The molecule has 0 aromatic heterocycles. The van der Waals surface area contributed by atoms with Crippen molar-refractivity contribution in [1.82, 2.24) is 0 Å². The van der Waals surface area contributed by atoms with Crippen LogP contribution in [0.3, 0.4) is 0 Å². The summed E-state index contributed by atoms with van der Waals surface area (Å²) >= 11 is 0. The number of unbranched alkanes of at least 4 members (excludes halogenated alkanes) is 3. The minimum absolute atomic E-state index is 0.250. The molecule has 0 aromatic rings. The maximum atomic E-state index is 13.4. The van der Waals surface area contributed by atoms with Gasteiger partial charge < -0.3 is 9.84 Å². The van der Waals surface area contributed by atoms with E-state index in [0.29, 0.717) is 19.4 Å². The topological polar surface area (TPSA) is 29.5 Å². The van der Waals surface area contributed by atoms with Crippen LogP contribution < -0.4 is 0 Å². The van der Waals surface area contributed by atoms with Crippen molar-refractivity contribution >= 4 is 0 Å². The van der Waals surface area contributed by atoms with Crippen molar-refractivity contribution in [3.8, 4) is 0 Å². The normalized spacial score (nSPS) is 31.8. The van der Waals surface area contributed by atoms with Gasteiger partial charge in [0.25, 0.3) is 0 Å². The van der Waals surface area contributed by atoms with E-state index < -0.39 is 12.3 Å². The predicted octanol–water partition coefficient (Wildman–Crippen LogP) is 2.83. The van der Waals surface area contributed by atoms with Crippen LogP contribution in [0, 0.1) is 0 Å². The summed E-state index contributed by atoms with van der Waals surface area (Å²) in [6, 6.07) is 0. The van der Waals surface area contributed by atoms with Crippen LogP contribution in [-0.2, 0) is 4.74 Å².